The van der Waals surface area contributed by atoms with Crippen LogP contribution in [0.15, 0.2) is 76.2 Å². The maximum absolute atomic E-state index is 13.5. The van der Waals surface area contributed by atoms with Crippen molar-refractivity contribution in [2.45, 2.75) is 31.9 Å². The van der Waals surface area contributed by atoms with Crippen LogP contribution in [0.1, 0.15) is 36.7 Å². The Balaban J connectivity index is 1.66. The molecule has 4 rings (SSSR count). The quantitative estimate of drug-likeness (QED) is 0.385. The third-order valence-corrected chi connectivity index (χ3v) is 6.47. The minimum Gasteiger partial charge on any atom is -0.497 e. The van der Waals surface area contributed by atoms with E-state index in [1.54, 1.807) is 25.5 Å². The molecule has 0 N–H and O–H groups in total. The zero-order valence-corrected chi connectivity index (χ0v) is 19.0. The maximum atomic E-state index is 13.5. The molecule has 1 aliphatic rings. The summed E-state index contributed by atoms with van der Waals surface area (Å²) >= 11 is 1.32. The molecular weight excluding hydrogens is 422 g/mol. The summed E-state index contributed by atoms with van der Waals surface area (Å²) < 4.78 is 10.7. The second-order valence-electron chi connectivity index (χ2n) is 7.52. The molecule has 5 nitrogen and oxygen atoms in total. The van der Waals surface area contributed by atoms with Gasteiger partial charge in [-0.25, -0.2) is 4.90 Å². The fourth-order valence-electron chi connectivity index (χ4n) is 3.62. The van der Waals surface area contributed by atoms with Crippen LogP contribution in [0.3, 0.4) is 0 Å². The highest BCUT2D eigenvalue weighted by molar-refractivity contribution is 8.03. The largest absolute Gasteiger partial charge is 0.497 e. The van der Waals surface area contributed by atoms with Crippen LogP contribution >= 0.6 is 11.8 Å². The van der Waals surface area contributed by atoms with E-state index in [1.165, 1.54) is 22.2 Å². The number of ether oxygens (including phenoxy) is 1. The summed E-state index contributed by atoms with van der Waals surface area (Å²) in [6.07, 6.45) is 4.81. The van der Waals surface area contributed by atoms with Crippen molar-refractivity contribution in [1.29, 1.82) is 0 Å². The molecule has 6 heteroatoms. The normalized spacial score (nSPS) is 13.9. The van der Waals surface area contributed by atoms with Gasteiger partial charge in [0.2, 0.25) is 0 Å². The molecule has 2 amide bonds. The van der Waals surface area contributed by atoms with E-state index in [-0.39, 0.29) is 11.8 Å². The van der Waals surface area contributed by atoms with Gasteiger partial charge < -0.3 is 9.15 Å². The molecule has 32 heavy (non-hydrogen) atoms. The van der Waals surface area contributed by atoms with Crippen LogP contribution in [0.2, 0.25) is 0 Å². The lowest BCUT2D eigenvalue weighted by molar-refractivity contribution is -0.119. The fraction of sp³-hybridized carbons (Fsp3) is 0.231. The summed E-state index contributed by atoms with van der Waals surface area (Å²) in [6.45, 7) is 2.16. The van der Waals surface area contributed by atoms with Gasteiger partial charge in [-0.1, -0.05) is 37.6 Å². The molecule has 1 aromatic heterocycles. The first-order chi connectivity index (χ1) is 15.6. The second-order valence-corrected chi connectivity index (χ2v) is 8.50. The van der Waals surface area contributed by atoms with Crippen molar-refractivity contribution in [3.63, 3.8) is 0 Å². The van der Waals surface area contributed by atoms with Crippen molar-refractivity contribution in [3.05, 3.63) is 88.7 Å². The molecule has 0 spiro atoms. The number of carbonyl (C=O) groups excluding carboxylic acids is 2. The lowest BCUT2D eigenvalue weighted by Crippen LogP contribution is -2.31. The molecule has 1 aliphatic heterocycles. The first kappa shape index (κ1) is 22.0. The molecule has 2 heterocycles. The van der Waals surface area contributed by atoms with E-state index >= 15 is 0 Å². The van der Waals surface area contributed by atoms with Crippen molar-refractivity contribution < 1.29 is 18.7 Å². The number of furan rings is 1. The molecule has 0 radical (unpaired) electrons. The highest BCUT2D eigenvalue weighted by Gasteiger charge is 2.40. The van der Waals surface area contributed by atoms with Crippen LogP contribution < -0.4 is 9.64 Å². The van der Waals surface area contributed by atoms with Crippen LogP contribution in [-0.4, -0.2) is 18.9 Å². The number of rotatable bonds is 9. The number of hydrogen-bond donors (Lipinski definition) is 0. The third-order valence-electron chi connectivity index (χ3n) is 5.37. The number of benzene rings is 2. The van der Waals surface area contributed by atoms with Crippen molar-refractivity contribution in [2.75, 3.05) is 12.0 Å². The number of nitrogens with zero attached hydrogens (tertiary/aromatic N) is 1. The van der Waals surface area contributed by atoms with E-state index in [0.717, 1.165) is 25.0 Å². The smallest absolute Gasteiger partial charge is 0.272 e. The summed E-state index contributed by atoms with van der Waals surface area (Å²) in [5.74, 6) is 1.28. The van der Waals surface area contributed by atoms with Gasteiger partial charge in [0, 0.05) is 0 Å². The topological polar surface area (TPSA) is 59.8 Å². The van der Waals surface area contributed by atoms with Gasteiger partial charge >= 0.3 is 0 Å². The van der Waals surface area contributed by atoms with Crippen LogP contribution in [0, 0.1) is 0 Å². The number of carbonyl (C=O) groups is 2. The van der Waals surface area contributed by atoms with Gasteiger partial charge in [0.15, 0.2) is 0 Å². The zero-order valence-electron chi connectivity index (χ0n) is 18.2. The molecule has 164 valence electrons. The molecule has 0 unspecified atom stereocenters. The lowest BCUT2D eigenvalue weighted by Gasteiger charge is -2.16. The average Bonchev–Trinajstić information content (AvgIpc) is 3.43. The average molecular weight is 448 g/mol. The number of thioether (sulfide) groups is 1. The Morgan fingerprint density at radius 3 is 2.34 bits per heavy atom. The summed E-state index contributed by atoms with van der Waals surface area (Å²) in [6, 6.07) is 18.6. The number of unbranched alkanes of at least 4 members (excludes halogenated alkanes) is 1. The van der Waals surface area contributed by atoms with Crippen molar-refractivity contribution in [2.24, 2.45) is 0 Å². The number of hydrogen-bond acceptors (Lipinski definition) is 5. The number of aryl methyl sites for hydroxylation is 1. The summed E-state index contributed by atoms with van der Waals surface area (Å²) in [5, 5.41) is 0. The predicted octanol–water partition coefficient (Wildman–Crippen LogP) is 5.85. The Hall–Kier alpha value is -3.25. The van der Waals surface area contributed by atoms with Gasteiger partial charge in [-0.2, -0.15) is 0 Å². The number of amides is 2. The Morgan fingerprint density at radius 2 is 1.72 bits per heavy atom. The molecule has 0 saturated carbocycles. The fourth-order valence-corrected chi connectivity index (χ4v) is 4.64. The van der Waals surface area contributed by atoms with Gasteiger partial charge in [0.05, 0.1) is 35.3 Å². The third kappa shape index (κ3) is 4.50. The Morgan fingerprint density at radius 1 is 0.969 bits per heavy atom. The highest BCUT2D eigenvalue weighted by atomic mass is 32.2. The maximum Gasteiger partial charge on any atom is 0.272 e. The van der Waals surface area contributed by atoms with Crippen LogP contribution in [-0.2, 0) is 21.8 Å². The minimum absolute atomic E-state index is 0.307. The van der Waals surface area contributed by atoms with Crippen molar-refractivity contribution >= 4 is 34.8 Å². The van der Waals surface area contributed by atoms with Crippen molar-refractivity contribution in [3.8, 4) is 5.75 Å². The standard InChI is InChI=1S/C26H25NO4S/c1-3-4-6-18-8-12-20(13-9-18)27-25(28)23(19-10-14-21(30-2)15-11-19)24(26(27)29)32-17-22-7-5-16-31-22/h5,7-16H,3-4,6,17H2,1-2H3. The second kappa shape index (κ2) is 9.92. The van der Waals surface area contributed by atoms with E-state index < -0.39 is 0 Å². The van der Waals surface area contributed by atoms with Crippen LogP contribution in [0.4, 0.5) is 5.69 Å². The lowest BCUT2D eigenvalue weighted by atomic mass is 10.1. The Bertz CT molecular complexity index is 1120. The van der Waals surface area contributed by atoms with Gasteiger partial charge in [-0.05, 0) is 60.4 Å². The van der Waals surface area contributed by atoms with Gasteiger partial charge in [0.25, 0.3) is 11.8 Å². The van der Waals surface area contributed by atoms with Gasteiger partial charge in [-0.3, -0.25) is 9.59 Å². The molecule has 0 saturated heterocycles. The number of anilines is 1. The van der Waals surface area contributed by atoms with E-state index in [2.05, 4.69) is 6.92 Å². The first-order valence-electron chi connectivity index (χ1n) is 10.6. The van der Waals surface area contributed by atoms with Gasteiger partial charge in [0.1, 0.15) is 11.5 Å². The highest BCUT2D eigenvalue weighted by Crippen LogP contribution is 2.40. The molecule has 2 aromatic carbocycles. The number of imide groups is 1. The summed E-state index contributed by atoms with van der Waals surface area (Å²) in [7, 11) is 1.59. The number of methoxy groups -OCH3 is 1. The predicted molar refractivity (Wildman–Crippen MR) is 127 cm³/mol. The minimum atomic E-state index is -0.316. The first-order valence-corrected chi connectivity index (χ1v) is 11.6. The van der Waals surface area contributed by atoms with Crippen LogP contribution in [0.5, 0.6) is 5.75 Å². The van der Waals surface area contributed by atoms with E-state index in [9.17, 15) is 9.59 Å². The molecule has 3 aromatic rings. The molecule has 0 aliphatic carbocycles. The molecule has 0 atom stereocenters. The Kier molecular flexibility index (Phi) is 6.81. The summed E-state index contributed by atoms with van der Waals surface area (Å²) in [5.41, 5.74) is 2.88. The van der Waals surface area contributed by atoms with Crippen LogP contribution in [0.25, 0.3) is 5.57 Å². The Labute approximate surface area is 192 Å². The molecule has 0 fully saturated rings. The zero-order chi connectivity index (χ0) is 22.5. The molecular formula is C26H25NO4S. The van der Waals surface area contributed by atoms with E-state index in [4.69, 9.17) is 9.15 Å². The SMILES string of the molecule is CCCCc1ccc(N2C(=O)C(SCc3ccco3)=C(c3ccc(OC)cc3)C2=O)cc1. The van der Waals surface area contributed by atoms with E-state index in [1.807, 2.05) is 48.5 Å². The monoisotopic (exact) mass is 447 g/mol. The van der Waals surface area contributed by atoms with E-state index in [0.29, 0.717) is 33.2 Å². The van der Waals surface area contributed by atoms with Crippen molar-refractivity contribution in [1.82, 2.24) is 0 Å². The van der Waals surface area contributed by atoms with Gasteiger partial charge in [-0.15, -0.1) is 11.8 Å². The molecule has 0 bridgehead atoms. The summed E-state index contributed by atoms with van der Waals surface area (Å²) in [4.78, 5) is 28.6.